The van der Waals surface area contributed by atoms with E-state index in [1.807, 2.05) is 0 Å². The number of esters is 1. The van der Waals surface area contributed by atoms with E-state index in [9.17, 15) is 18.4 Å². The van der Waals surface area contributed by atoms with E-state index in [4.69, 9.17) is 14.2 Å². The molecule has 0 saturated carbocycles. The average Bonchev–Trinajstić information content (AvgIpc) is 2.98. The van der Waals surface area contributed by atoms with Gasteiger partial charge in [0.15, 0.2) is 18.1 Å². The molecule has 2 aromatic carbocycles. The first-order chi connectivity index (χ1) is 13.3. The first kappa shape index (κ1) is 19.2. The molecule has 0 saturated heterocycles. The first-order valence-electron chi connectivity index (χ1n) is 7.91. The number of hydrogen-bond acceptors (Lipinski definition) is 7. The molecule has 2 aromatic rings. The predicted octanol–water partition coefficient (Wildman–Crippen LogP) is 2.82. The topological polar surface area (TPSA) is 92.3 Å². The van der Waals surface area contributed by atoms with Crippen LogP contribution in [0.25, 0.3) is 0 Å². The maximum Gasteiger partial charge on any atom is 0.586 e. The summed E-state index contributed by atoms with van der Waals surface area (Å²) in [6, 6.07) is 8.44. The predicted molar refractivity (Wildman–Crippen MR) is 91.1 cm³/mol. The summed E-state index contributed by atoms with van der Waals surface area (Å²) in [4.78, 5) is 24.3. The van der Waals surface area contributed by atoms with Crippen molar-refractivity contribution in [2.24, 2.45) is 0 Å². The summed E-state index contributed by atoms with van der Waals surface area (Å²) in [5.74, 6) is -1.44. The van der Waals surface area contributed by atoms with Crippen molar-refractivity contribution in [3.05, 3.63) is 42.0 Å². The fourth-order valence-electron chi connectivity index (χ4n) is 2.48. The van der Waals surface area contributed by atoms with E-state index in [2.05, 4.69) is 14.8 Å². The number of ether oxygens (including phenoxy) is 5. The summed E-state index contributed by atoms with van der Waals surface area (Å²) in [6.07, 6.45) is -3.76. The second kappa shape index (κ2) is 7.59. The summed E-state index contributed by atoms with van der Waals surface area (Å²) in [6.45, 7) is -0.620. The molecule has 0 radical (unpaired) electrons. The maximum atomic E-state index is 13.0. The summed E-state index contributed by atoms with van der Waals surface area (Å²) in [5.41, 5.74) is 0.196. The van der Waals surface area contributed by atoms with Crippen LogP contribution in [-0.2, 0) is 9.53 Å². The quantitative estimate of drug-likeness (QED) is 0.752. The fourth-order valence-corrected chi connectivity index (χ4v) is 2.48. The van der Waals surface area contributed by atoms with Crippen LogP contribution in [0.3, 0.4) is 0 Å². The van der Waals surface area contributed by atoms with Crippen molar-refractivity contribution in [3.63, 3.8) is 0 Å². The second-order valence-electron chi connectivity index (χ2n) is 5.49. The molecule has 10 heteroatoms. The largest absolute Gasteiger partial charge is 0.586 e. The number of rotatable bonds is 6. The minimum absolute atomic E-state index is 0.0330. The summed E-state index contributed by atoms with van der Waals surface area (Å²) in [5, 5.41) is 2.40. The Bertz CT molecular complexity index is 895. The Morgan fingerprint density at radius 2 is 1.68 bits per heavy atom. The summed E-state index contributed by atoms with van der Waals surface area (Å²) >= 11 is 0. The number of amides is 1. The number of benzene rings is 2. The normalized spacial score (nSPS) is 13.6. The third-order valence-corrected chi connectivity index (χ3v) is 3.65. The van der Waals surface area contributed by atoms with Crippen molar-refractivity contribution < 1.29 is 42.1 Å². The number of hydrogen-bond donors (Lipinski definition) is 1. The third-order valence-electron chi connectivity index (χ3n) is 3.65. The van der Waals surface area contributed by atoms with E-state index in [1.54, 1.807) is 18.2 Å². The van der Waals surface area contributed by atoms with Crippen LogP contribution in [0.2, 0.25) is 0 Å². The van der Waals surface area contributed by atoms with Crippen molar-refractivity contribution in [2.75, 3.05) is 26.1 Å². The van der Waals surface area contributed by atoms with E-state index >= 15 is 0 Å². The minimum Gasteiger partial charge on any atom is -0.496 e. The monoisotopic (exact) mass is 395 g/mol. The summed E-state index contributed by atoms with van der Waals surface area (Å²) < 4.78 is 49.8. The molecule has 148 valence electrons. The van der Waals surface area contributed by atoms with Gasteiger partial charge in [-0.2, -0.15) is 0 Å². The van der Waals surface area contributed by atoms with E-state index in [0.717, 1.165) is 0 Å². The van der Waals surface area contributed by atoms with E-state index in [-0.39, 0.29) is 34.2 Å². The third kappa shape index (κ3) is 4.05. The van der Waals surface area contributed by atoms with Crippen molar-refractivity contribution in [1.82, 2.24) is 0 Å². The molecule has 8 nitrogen and oxygen atoms in total. The van der Waals surface area contributed by atoms with Crippen LogP contribution in [0.1, 0.15) is 10.4 Å². The van der Waals surface area contributed by atoms with Crippen molar-refractivity contribution in [2.45, 2.75) is 6.29 Å². The molecule has 1 heterocycles. The lowest BCUT2D eigenvalue weighted by Gasteiger charge is -2.12. The zero-order valence-electron chi connectivity index (χ0n) is 14.8. The molecule has 0 spiro atoms. The Morgan fingerprint density at radius 1 is 1.04 bits per heavy atom. The highest BCUT2D eigenvalue weighted by Crippen LogP contribution is 2.42. The van der Waals surface area contributed by atoms with Gasteiger partial charge in [-0.1, -0.05) is 6.07 Å². The molecular formula is C18H15F2NO7. The van der Waals surface area contributed by atoms with Gasteiger partial charge in [0, 0.05) is 11.8 Å². The van der Waals surface area contributed by atoms with E-state index in [0.29, 0.717) is 0 Å². The minimum atomic E-state index is -3.76. The molecule has 1 amide bonds. The van der Waals surface area contributed by atoms with Crippen LogP contribution >= 0.6 is 0 Å². The Balaban J connectivity index is 1.62. The molecule has 1 aliphatic rings. The zero-order chi connectivity index (χ0) is 20.3. The molecule has 1 aliphatic heterocycles. The van der Waals surface area contributed by atoms with Gasteiger partial charge in [-0.05, 0) is 24.3 Å². The van der Waals surface area contributed by atoms with Gasteiger partial charge in [0.25, 0.3) is 5.91 Å². The van der Waals surface area contributed by atoms with Gasteiger partial charge in [-0.15, -0.1) is 8.78 Å². The number of nitrogens with one attached hydrogen (secondary N) is 1. The standard InChI is InChI=1S/C18H15F2NO7/c1-24-12-4-3-5-13(25-2)16(12)17(23)26-9-15(22)21-10-6-7-11-14(8-10)28-18(19,20)27-11/h3-8H,9H2,1-2H3,(H,21,22). The highest BCUT2D eigenvalue weighted by molar-refractivity contribution is 5.98. The second-order valence-corrected chi connectivity index (χ2v) is 5.49. The lowest BCUT2D eigenvalue weighted by atomic mass is 10.2. The Morgan fingerprint density at radius 3 is 2.32 bits per heavy atom. The van der Waals surface area contributed by atoms with Crippen LogP contribution in [0.5, 0.6) is 23.0 Å². The SMILES string of the molecule is COc1cccc(OC)c1C(=O)OCC(=O)Nc1ccc2c(c1)OC(F)(F)O2. The lowest BCUT2D eigenvalue weighted by molar-refractivity contribution is -0.286. The molecule has 0 atom stereocenters. The van der Waals surface area contributed by atoms with Gasteiger partial charge < -0.3 is 29.0 Å². The van der Waals surface area contributed by atoms with Crippen molar-refractivity contribution >= 4 is 17.6 Å². The molecule has 0 fully saturated rings. The van der Waals surface area contributed by atoms with Crippen molar-refractivity contribution in [3.8, 4) is 23.0 Å². The van der Waals surface area contributed by atoms with Gasteiger partial charge in [0.1, 0.15) is 17.1 Å². The van der Waals surface area contributed by atoms with Gasteiger partial charge in [0.2, 0.25) is 0 Å². The molecular weight excluding hydrogens is 380 g/mol. The molecule has 0 aliphatic carbocycles. The number of alkyl halides is 2. The van der Waals surface area contributed by atoms with Crippen LogP contribution in [0.15, 0.2) is 36.4 Å². The number of methoxy groups -OCH3 is 2. The van der Waals surface area contributed by atoms with Gasteiger partial charge in [-0.25, -0.2) is 4.79 Å². The highest BCUT2D eigenvalue weighted by atomic mass is 19.3. The van der Waals surface area contributed by atoms with Crippen LogP contribution in [0.4, 0.5) is 14.5 Å². The van der Waals surface area contributed by atoms with Gasteiger partial charge >= 0.3 is 12.3 Å². The van der Waals surface area contributed by atoms with E-state index in [1.165, 1.54) is 32.4 Å². The highest BCUT2D eigenvalue weighted by Gasteiger charge is 2.43. The zero-order valence-corrected chi connectivity index (χ0v) is 14.8. The van der Waals surface area contributed by atoms with Gasteiger partial charge in [-0.3, -0.25) is 4.79 Å². The van der Waals surface area contributed by atoms with Gasteiger partial charge in [0.05, 0.1) is 14.2 Å². The lowest BCUT2D eigenvalue weighted by Crippen LogP contribution is -2.25. The molecule has 0 bridgehead atoms. The van der Waals surface area contributed by atoms with Crippen LogP contribution in [-0.4, -0.2) is 39.0 Å². The number of carbonyl (C=O) groups is 2. The number of halogens is 2. The Hall–Kier alpha value is -3.56. The first-order valence-corrected chi connectivity index (χ1v) is 7.91. The number of carbonyl (C=O) groups excluding carboxylic acids is 2. The summed E-state index contributed by atoms with van der Waals surface area (Å²) in [7, 11) is 2.75. The average molecular weight is 395 g/mol. The smallest absolute Gasteiger partial charge is 0.496 e. The molecule has 1 N–H and O–H groups in total. The molecule has 3 rings (SSSR count). The Kier molecular flexibility index (Phi) is 5.21. The van der Waals surface area contributed by atoms with Crippen LogP contribution < -0.4 is 24.3 Å². The Labute approximate surface area is 157 Å². The molecule has 0 unspecified atom stereocenters. The number of fused-ring (bicyclic) bond motifs is 1. The fraction of sp³-hybridized carbons (Fsp3) is 0.222. The van der Waals surface area contributed by atoms with Crippen molar-refractivity contribution in [1.29, 1.82) is 0 Å². The molecule has 0 aromatic heterocycles. The van der Waals surface area contributed by atoms with E-state index < -0.39 is 24.8 Å². The maximum absolute atomic E-state index is 13.0. The number of anilines is 1. The van der Waals surface area contributed by atoms with Crippen LogP contribution in [0, 0.1) is 0 Å². The molecule has 28 heavy (non-hydrogen) atoms.